The van der Waals surface area contributed by atoms with Crippen molar-refractivity contribution >= 4 is 0 Å². The van der Waals surface area contributed by atoms with Gasteiger partial charge >= 0.3 is 0 Å². The van der Waals surface area contributed by atoms with Crippen molar-refractivity contribution in [1.29, 1.82) is 0 Å². The fourth-order valence-corrected chi connectivity index (χ4v) is 1.50. The third-order valence-corrected chi connectivity index (χ3v) is 2.20. The van der Waals surface area contributed by atoms with Gasteiger partial charge in [-0.05, 0) is 13.5 Å². The summed E-state index contributed by atoms with van der Waals surface area (Å²) in [6.07, 6.45) is 2.81. The van der Waals surface area contributed by atoms with Crippen molar-refractivity contribution in [2.24, 2.45) is 0 Å². The Bertz CT molecular complexity index is 266. The van der Waals surface area contributed by atoms with Gasteiger partial charge in [0.05, 0.1) is 25.3 Å². The molecule has 72 valence electrons. The van der Waals surface area contributed by atoms with Crippen LogP contribution in [0.5, 0.6) is 0 Å². The molecule has 1 aliphatic heterocycles. The highest BCUT2D eigenvalue weighted by atomic mass is 16.5. The molecule has 1 aromatic rings. The Morgan fingerprint density at radius 1 is 1.69 bits per heavy atom. The van der Waals surface area contributed by atoms with Gasteiger partial charge in [-0.1, -0.05) is 0 Å². The number of ether oxygens (including phenoxy) is 1. The molecule has 1 fully saturated rings. The van der Waals surface area contributed by atoms with Crippen LogP contribution in [-0.4, -0.2) is 25.2 Å². The average molecular weight is 182 g/mol. The molecule has 1 N–H and O–H groups in total. The van der Waals surface area contributed by atoms with Crippen molar-refractivity contribution in [3.05, 3.63) is 17.8 Å². The molecular weight excluding hydrogens is 168 g/mol. The minimum Gasteiger partial charge on any atom is -0.444 e. The fourth-order valence-electron chi connectivity index (χ4n) is 1.50. The second kappa shape index (κ2) is 3.89. The highest BCUT2D eigenvalue weighted by Gasteiger charge is 2.22. The zero-order valence-electron chi connectivity index (χ0n) is 7.75. The first-order valence-electron chi connectivity index (χ1n) is 4.57. The molecule has 1 saturated heterocycles. The molecule has 0 spiro atoms. The number of rotatable bonds is 3. The molecule has 1 atom stereocenters. The molecule has 0 bridgehead atoms. The summed E-state index contributed by atoms with van der Waals surface area (Å²) in [6, 6.07) is 0. The number of oxazole rings is 1. The van der Waals surface area contributed by atoms with E-state index in [0.717, 1.165) is 37.8 Å². The van der Waals surface area contributed by atoms with Gasteiger partial charge in [-0.15, -0.1) is 0 Å². The molecular formula is C9H14N2O2. The van der Waals surface area contributed by atoms with Crippen LogP contribution in [0.1, 0.15) is 24.0 Å². The molecule has 2 rings (SSSR count). The SMILES string of the molecule is CNCc1cnc(C2CCOC2)o1. The first-order chi connectivity index (χ1) is 6.40. The molecule has 0 saturated carbocycles. The van der Waals surface area contributed by atoms with Gasteiger partial charge in [0.25, 0.3) is 0 Å². The van der Waals surface area contributed by atoms with Gasteiger partial charge < -0.3 is 14.5 Å². The van der Waals surface area contributed by atoms with E-state index in [1.807, 2.05) is 7.05 Å². The van der Waals surface area contributed by atoms with Crippen molar-refractivity contribution in [3.8, 4) is 0 Å². The highest BCUT2D eigenvalue weighted by Crippen LogP contribution is 2.24. The van der Waals surface area contributed by atoms with Gasteiger partial charge in [0.15, 0.2) is 5.89 Å². The summed E-state index contributed by atoms with van der Waals surface area (Å²) in [5.74, 6) is 2.08. The number of hydrogen-bond donors (Lipinski definition) is 1. The van der Waals surface area contributed by atoms with Crippen LogP contribution in [0, 0.1) is 0 Å². The van der Waals surface area contributed by atoms with Gasteiger partial charge in [-0.3, -0.25) is 0 Å². The molecule has 0 aromatic carbocycles. The maximum Gasteiger partial charge on any atom is 0.199 e. The van der Waals surface area contributed by atoms with Crippen LogP contribution in [-0.2, 0) is 11.3 Å². The Balaban J connectivity index is 2.03. The molecule has 0 radical (unpaired) electrons. The molecule has 1 aliphatic rings. The van der Waals surface area contributed by atoms with E-state index >= 15 is 0 Å². The molecule has 4 nitrogen and oxygen atoms in total. The first-order valence-corrected chi connectivity index (χ1v) is 4.57. The van der Waals surface area contributed by atoms with E-state index in [1.165, 1.54) is 0 Å². The molecule has 0 amide bonds. The van der Waals surface area contributed by atoms with Crippen LogP contribution in [0.4, 0.5) is 0 Å². The van der Waals surface area contributed by atoms with Crippen molar-refractivity contribution in [3.63, 3.8) is 0 Å². The van der Waals surface area contributed by atoms with Gasteiger partial charge in [0, 0.05) is 6.61 Å². The van der Waals surface area contributed by atoms with Crippen LogP contribution in [0.3, 0.4) is 0 Å². The normalized spacial score (nSPS) is 22.4. The second-order valence-electron chi connectivity index (χ2n) is 3.26. The Kier molecular flexibility index (Phi) is 2.61. The van der Waals surface area contributed by atoms with Crippen molar-refractivity contribution in [1.82, 2.24) is 10.3 Å². The summed E-state index contributed by atoms with van der Waals surface area (Å²) in [5, 5.41) is 3.02. The van der Waals surface area contributed by atoms with E-state index in [1.54, 1.807) is 6.20 Å². The van der Waals surface area contributed by atoms with E-state index < -0.39 is 0 Å². The predicted octanol–water partition coefficient (Wildman–Crippen LogP) is 0.898. The topological polar surface area (TPSA) is 47.3 Å². The summed E-state index contributed by atoms with van der Waals surface area (Å²) < 4.78 is 10.8. The Morgan fingerprint density at radius 3 is 3.31 bits per heavy atom. The minimum atomic E-state index is 0.366. The van der Waals surface area contributed by atoms with Gasteiger partial charge in [0.2, 0.25) is 0 Å². The minimum absolute atomic E-state index is 0.366. The quantitative estimate of drug-likeness (QED) is 0.754. The van der Waals surface area contributed by atoms with E-state index in [4.69, 9.17) is 9.15 Å². The van der Waals surface area contributed by atoms with E-state index in [-0.39, 0.29) is 0 Å². The summed E-state index contributed by atoms with van der Waals surface area (Å²) in [5.41, 5.74) is 0. The zero-order valence-corrected chi connectivity index (χ0v) is 7.75. The smallest absolute Gasteiger partial charge is 0.199 e. The van der Waals surface area contributed by atoms with E-state index in [9.17, 15) is 0 Å². The third-order valence-electron chi connectivity index (χ3n) is 2.20. The molecule has 13 heavy (non-hydrogen) atoms. The van der Waals surface area contributed by atoms with E-state index in [2.05, 4.69) is 10.3 Å². The lowest BCUT2D eigenvalue weighted by molar-refractivity contribution is 0.190. The van der Waals surface area contributed by atoms with Crippen LogP contribution in [0.2, 0.25) is 0 Å². The van der Waals surface area contributed by atoms with Crippen LogP contribution >= 0.6 is 0 Å². The molecule has 1 unspecified atom stereocenters. The lowest BCUT2D eigenvalue weighted by Gasteiger charge is -2.00. The van der Waals surface area contributed by atoms with Gasteiger partial charge in [-0.25, -0.2) is 4.98 Å². The first kappa shape index (κ1) is 8.72. The molecule has 0 aliphatic carbocycles. The number of nitrogens with zero attached hydrogens (tertiary/aromatic N) is 1. The Morgan fingerprint density at radius 2 is 2.62 bits per heavy atom. The van der Waals surface area contributed by atoms with E-state index in [0.29, 0.717) is 5.92 Å². The Hall–Kier alpha value is -0.870. The summed E-state index contributed by atoms with van der Waals surface area (Å²) >= 11 is 0. The summed E-state index contributed by atoms with van der Waals surface area (Å²) in [4.78, 5) is 4.23. The second-order valence-corrected chi connectivity index (χ2v) is 3.26. The standard InChI is InChI=1S/C9H14N2O2/c1-10-4-8-5-11-9(13-8)7-2-3-12-6-7/h5,7,10H,2-4,6H2,1H3. The van der Waals surface area contributed by atoms with Crippen molar-refractivity contribution in [2.75, 3.05) is 20.3 Å². The summed E-state index contributed by atoms with van der Waals surface area (Å²) in [6.45, 7) is 2.31. The van der Waals surface area contributed by atoms with Gasteiger partial charge in [0.1, 0.15) is 5.76 Å². The van der Waals surface area contributed by atoms with Crippen LogP contribution in [0.25, 0.3) is 0 Å². The van der Waals surface area contributed by atoms with Crippen molar-refractivity contribution < 1.29 is 9.15 Å². The fraction of sp³-hybridized carbons (Fsp3) is 0.667. The Labute approximate surface area is 77.3 Å². The lowest BCUT2D eigenvalue weighted by atomic mass is 10.1. The number of hydrogen-bond acceptors (Lipinski definition) is 4. The van der Waals surface area contributed by atoms with Crippen LogP contribution < -0.4 is 5.32 Å². The molecule has 2 heterocycles. The van der Waals surface area contributed by atoms with Crippen LogP contribution in [0.15, 0.2) is 10.6 Å². The maximum absolute atomic E-state index is 5.55. The zero-order chi connectivity index (χ0) is 9.10. The maximum atomic E-state index is 5.55. The molecule has 1 aromatic heterocycles. The number of aromatic nitrogens is 1. The average Bonchev–Trinajstić information content (AvgIpc) is 2.70. The molecule has 4 heteroatoms. The van der Waals surface area contributed by atoms with Gasteiger partial charge in [-0.2, -0.15) is 0 Å². The predicted molar refractivity (Wildman–Crippen MR) is 47.4 cm³/mol. The largest absolute Gasteiger partial charge is 0.444 e. The lowest BCUT2D eigenvalue weighted by Crippen LogP contribution is -2.03. The number of nitrogens with one attached hydrogen (secondary N) is 1. The van der Waals surface area contributed by atoms with Crippen molar-refractivity contribution in [2.45, 2.75) is 18.9 Å². The monoisotopic (exact) mass is 182 g/mol. The highest BCUT2D eigenvalue weighted by molar-refractivity contribution is 5.00. The summed E-state index contributed by atoms with van der Waals surface area (Å²) in [7, 11) is 1.89. The third kappa shape index (κ3) is 1.89.